The monoisotopic (exact) mass is 355 g/mol. The van der Waals surface area contributed by atoms with E-state index in [9.17, 15) is 13.2 Å². The first-order chi connectivity index (χ1) is 9.35. The van der Waals surface area contributed by atoms with Gasteiger partial charge in [-0.1, -0.05) is 13.0 Å². The predicted molar refractivity (Wildman–Crippen MR) is 73.6 cm³/mol. The van der Waals surface area contributed by atoms with Crippen LogP contribution in [0.2, 0.25) is 0 Å². The maximum Gasteiger partial charge on any atom is 0.573 e. The minimum atomic E-state index is -4.69. The quantitative estimate of drug-likeness (QED) is 0.805. The molecule has 0 aliphatic heterocycles. The second kappa shape index (κ2) is 7.85. The van der Waals surface area contributed by atoms with Crippen molar-refractivity contribution in [3.05, 3.63) is 28.2 Å². The fourth-order valence-corrected chi connectivity index (χ4v) is 2.15. The molecular formula is C13H17BrF3NO2. The van der Waals surface area contributed by atoms with Crippen LogP contribution in [0.3, 0.4) is 0 Å². The summed E-state index contributed by atoms with van der Waals surface area (Å²) >= 11 is 3.08. The van der Waals surface area contributed by atoms with Crippen molar-refractivity contribution in [1.29, 1.82) is 0 Å². The smallest absolute Gasteiger partial charge is 0.405 e. The molecule has 1 atom stereocenters. The maximum atomic E-state index is 12.1. The molecule has 7 heteroatoms. The first-order valence-electron chi connectivity index (χ1n) is 6.12. The standard InChI is InChI=1S/C13H17BrF3NO2/c1-3-10(8-19-2)18-7-9-4-5-12(11(14)6-9)20-13(15,16)17/h4-6,10,18H,3,7-8H2,1-2H3. The number of methoxy groups -OCH3 is 1. The highest BCUT2D eigenvalue weighted by molar-refractivity contribution is 9.10. The molecule has 0 saturated carbocycles. The number of nitrogens with one attached hydrogen (secondary N) is 1. The third kappa shape index (κ3) is 6.11. The van der Waals surface area contributed by atoms with E-state index in [1.807, 2.05) is 6.92 Å². The van der Waals surface area contributed by atoms with Gasteiger partial charge >= 0.3 is 6.36 Å². The highest BCUT2D eigenvalue weighted by atomic mass is 79.9. The van der Waals surface area contributed by atoms with Crippen LogP contribution in [0.5, 0.6) is 5.75 Å². The molecule has 0 radical (unpaired) electrons. The molecule has 1 N–H and O–H groups in total. The first kappa shape index (κ1) is 17.3. The molecule has 0 aliphatic carbocycles. The Morgan fingerprint density at radius 3 is 2.55 bits per heavy atom. The Kier molecular flexibility index (Phi) is 6.78. The topological polar surface area (TPSA) is 30.5 Å². The fourth-order valence-electron chi connectivity index (χ4n) is 1.65. The Bertz CT molecular complexity index is 427. The van der Waals surface area contributed by atoms with E-state index in [0.717, 1.165) is 12.0 Å². The minimum absolute atomic E-state index is 0.213. The van der Waals surface area contributed by atoms with Crippen LogP contribution in [0.15, 0.2) is 22.7 Å². The van der Waals surface area contributed by atoms with E-state index in [0.29, 0.717) is 13.2 Å². The Balaban J connectivity index is 2.63. The van der Waals surface area contributed by atoms with Crippen LogP contribution < -0.4 is 10.1 Å². The zero-order valence-corrected chi connectivity index (χ0v) is 12.8. The molecule has 0 aromatic heterocycles. The van der Waals surface area contributed by atoms with Gasteiger partial charge in [0.25, 0.3) is 0 Å². The van der Waals surface area contributed by atoms with Crippen LogP contribution in [0.4, 0.5) is 13.2 Å². The molecule has 0 bridgehead atoms. The average Bonchev–Trinajstić information content (AvgIpc) is 2.36. The molecule has 0 amide bonds. The molecule has 1 rings (SSSR count). The maximum absolute atomic E-state index is 12.1. The second-order valence-electron chi connectivity index (χ2n) is 4.25. The largest absolute Gasteiger partial charge is 0.573 e. The second-order valence-corrected chi connectivity index (χ2v) is 5.11. The van der Waals surface area contributed by atoms with E-state index in [2.05, 4.69) is 26.0 Å². The molecule has 1 aromatic carbocycles. The number of ether oxygens (including phenoxy) is 2. The van der Waals surface area contributed by atoms with Crippen LogP contribution >= 0.6 is 15.9 Å². The van der Waals surface area contributed by atoms with Gasteiger partial charge in [0.15, 0.2) is 0 Å². The summed E-state index contributed by atoms with van der Waals surface area (Å²) in [5, 5.41) is 3.27. The number of hydrogen-bond acceptors (Lipinski definition) is 3. The summed E-state index contributed by atoms with van der Waals surface area (Å²) in [6.45, 7) is 3.17. The van der Waals surface area contributed by atoms with Gasteiger partial charge in [-0.2, -0.15) is 0 Å². The number of benzene rings is 1. The van der Waals surface area contributed by atoms with Gasteiger partial charge in [-0.15, -0.1) is 13.2 Å². The Morgan fingerprint density at radius 2 is 2.05 bits per heavy atom. The van der Waals surface area contributed by atoms with Crippen LogP contribution in [0.1, 0.15) is 18.9 Å². The molecule has 0 saturated heterocycles. The van der Waals surface area contributed by atoms with Gasteiger partial charge in [0.2, 0.25) is 0 Å². The molecule has 3 nitrogen and oxygen atoms in total. The normalized spacial score (nSPS) is 13.3. The van der Waals surface area contributed by atoms with Gasteiger partial charge in [-0.25, -0.2) is 0 Å². The predicted octanol–water partition coefficient (Wildman–Crippen LogP) is 3.86. The van der Waals surface area contributed by atoms with Gasteiger partial charge in [0.1, 0.15) is 5.75 Å². The zero-order chi connectivity index (χ0) is 15.2. The van der Waals surface area contributed by atoms with E-state index in [1.165, 1.54) is 6.07 Å². The van der Waals surface area contributed by atoms with Gasteiger partial charge in [0.05, 0.1) is 11.1 Å². The third-order valence-corrected chi connectivity index (χ3v) is 3.30. The lowest BCUT2D eigenvalue weighted by Crippen LogP contribution is -2.32. The van der Waals surface area contributed by atoms with Crippen molar-refractivity contribution in [2.24, 2.45) is 0 Å². The summed E-state index contributed by atoms with van der Waals surface area (Å²) in [4.78, 5) is 0. The van der Waals surface area contributed by atoms with Crippen LogP contribution in [-0.4, -0.2) is 26.1 Å². The van der Waals surface area contributed by atoms with E-state index in [1.54, 1.807) is 19.2 Å². The Labute approximate surface area is 124 Å². The highest BCUT2D eigenvalue weighted by Gasteiger charge is 2.31. The van der Waals surface area contributed by atoms with Crippen molar-refractivity contribution in [2.45, 2.75) is 32.3 Å². The molecule has 1 aromatic rings. The molecule has 20 heavy (non-hydrogen) atoms. The Morgan fingerprint density at radius 1 is 1.35 bits per heavy atom. The van der Waals surface area contributed by atoms with Gasteiger partial charge in [-0.3, -0.25) is 0 Å². The SMILES string of the molecule is CCC(COC)NCc1ccc(OC(F)(F)F)c(Br)c1. The summed E-state index contributed by atoms with van der Waals surface area (Å²) in [5.41, 5.74) is 0.862. The van der Waals surface area contributed by atoms with Crippen LogP contribution in [-0.2, 0) is 11.3 Å². The van der Waals surface area contributed by atoms with E-state index >= 15 is 0 Å². The summed E-state index contributed by atoms with van der Waals surface area (Å²) in [5.74, 6) is -0.245. The van der Waals surface area contributed by atoms with Gasteiger partial charge in [0, 0.05) is 19.7 Å². The lowest BCUT2D eigenvalue weighted by atomic mass is 10.2. The Hall–Kier alpha value is -0.790. The highest BCUT2D eigenvalue weighted by Crippen LogP contribution is 2.31. The van der Waals surface area contributed by atoms with Crippen molar-refractivity contribution < 1.29 is 22.6 Å². The molecular weight excluding hydrogens is 339 g/mol. The van der Waals surface area contributed by atoms with Gasteiger partial charge in [-0.05, 0) is 40.0 Å². The van der Waals surface area contributed by atoms with Crippen molar-refractivity contribution in [2.75, 3.05) is 13.7 Å². The zero-order valence-electron chi connectivity index (χ0n) is 11.3. The van der Waals surface area contributed by atoms with E-state index < -0.39 is 6.36 Å². The van der Waals surface area contributed by atoms with E-state index in [4.69, 9.17) is 4.74 Å². The first-order valence-corrected chi connectivity index (χ1v) is 6.91. The summed E-state index contributed by atoms with van der Waals surface area (Å²) in [7, 11) is 1.63. The van der Waals surface area contributed by atoms with Crippen molar-refractivity contribution in [3.8, 4) is 5.75 Å². The average molecular weight is 356 g/mol. The number of rotatable bonds is 7. The van der Waals surface area contributed by atoms with Crippen molar-refractivity contribution in [1.82, 2.24) is 5.32 Å². The molecule has 1 unspecified atom stereocenters. The van der Waals surface area contributed by atoms with Crippen LogP contribution in [0, 0.1) is 0 Å². The summed E-state index contributed by atoms with van der Waals surface area (Å²) in [6.07, 6.45) is -3.78. The minimum Gasteiger partial charge on any atom is -0.405 e. The summed E-state index contributed by atoms with van der Waals surface area (Å²) in [6, 6.07) is 4.71. The van der Waals surface area contributed by atoms with Gasteiger partial charge < -0.3 is 14.8 Å². The lowest BCUT2D eigenvalue weighted by molar-refractivity contribution is -0.274. The summed E-state index contributed by atoms with van der Waals surface area (Å²) < 4.78 is 45.6. The molecule has 0 heterocycles. The number of alkyl halides is 3. The fraction of sp³-hybridized carbons (Fsp3) is 0.538. The number of halogens is 4. The lowest BCUT2D eigenvalue weighted by Gasteiger charge is -2.16. The van der Waals surface area contributed by atoms with Crippen LogP contribution in [0.25, 0.3) is 0 Å². The third-order valence-electron chi connectivity index (χ3n) is 2.68. The van der Waals surface area contributed by atoms with E-state index in [-0.39, 0.29) is 16.3 Å². The molecule has 0 fully saturated rings. The molecule has 0 spiro atoms. The number of hydrogen-bond donors (Lipinski definition) is 1. The van der Waals surface area contributed by atoms with Crippen molar-refractivity contribution >= 4 is 15.9 Å². The molecule has 114 valence electrons. The molecule has 0 aliphatic rings. The van der Waals surface area contributed by atoms with Crippen molar-refractivity contribution in [3.63, 3.8) is 0 Å².